The van der Waals surface area contributed by atoms with Crippen molar-refractivity contribution in [3.8, 4) is 16.9 Å². The monoisotopic (exact) mass is 494 g/mol. The van der Waals surface area contributed by atoms with Gasteiger partial charge >= 0.3 is 12.2 Å². The van der Waals surface area contributed by atoms with Crippen molar-refractivity contribution in [3.05, 3.63) is 42.2 Å². The molecule has 2 aromatic rings. The number of nitrogens with zero attached hydrogens (tertiary/aromatic N) is 2. The zero-order chi connectivity index (χ0) is 25.7. The summed E-state index contributed by atoms with van der Waals surface area (Å²) < 4.78 is 16.9. The van der Waals surface area contributed by atoms with E-state index in [2.05, 4.69) is 15.6 Å². The number of aromatic nitrogens is 1. The molecule has 0 radical (unpaired) electrons. The number of anilines is 1. The van der Waals surface area contributed by atoms with Crippen LogP contribution in [0.5, 0.6) is 5.75 Å². The number of alkyl carbamates (subject to hydrolysis) is 1. The van der Waals surface area contributed by atoms with Crippen LogP contribution in [0, 0.1) is 0 Å². The number of benzene rings is 1. The van der Waals surface area contributed by atoms with Gasteiger partial charge in [-0.05, 0) is 57.4 Å². The maximum Gasteiger partial charge on any atom is 0.415 e. The number of amides is 3. The number of nitrogens with one attached hydrogen (secondary N) is 2. The summed E-state index contributed by atoms with van der Waals surface area (Å²) in [6.45, 7) is 7.42. The van der Waals surface area contributed by atoms with Crippen LogP contribution in [-0.4, -0.2) is 54.0 Å². The maximum absolute atomic E-state index is 12.6. The first-order chi connectivity index (χ1) is 17.0. The van der Waals surface area contributed by atoms with Gasteiger partial charge in [0, 0.05) is 18.7 Å². The van der Waals surface area contributed by atoms with E-state index < -0.39 is 29.4 Å². The molecule has 3 amide bonds. The smallest absolute Gasteiger partial charge is 0.415 e. The molecule has 3 heterocycles. The highest BCUT2D eigenvalue weighted by Crippen LogP contribution is 2.45. The minimum absolute atomic E-state index is 0.181. The maximum atomic E-state index is 12.6. The highest BCUT2D eigenvalue weighted by atomic mass is 16.6. The third-order valence-corrected chi connectivity index (χ3v) is 6.47. The van der Waals surface area contributed by atoms with Gasteiger partial charge in [-0.15, -0.1) is 0 Å². The minimum atomic E-state index is -0.565. The SMILES string of the molecule is CC(=O)NC[C@@H]1OC(=O)N2c3ccc(-c4ccc(C5(NC(=O)OC(C)(C)C)CC5)nc4)cc3OC[C@@H]12. The number of hydrogen-bond donors (Lipinski definition) is 2. The molecule has 2 aliphatic heterocycles. The molecule has 1 saturated heterocycles. The predicted octanol–water partition coefficient (Wildman–Crippen LogP) is 3.48. The summed E-state index contributed by atoms with van der Waals surface area (Å²) in [6.07, 6.45) is 2.01. The number of carbonyl (C=O) groups is 3. The number of ether oxygens (including phenoxy) is 3. The summed E-state index contributed by atoms with van der Waals surface area (Å²) in [4.78, 5) is 42.3. The molecule has 1 aromatic carbocycles. The van der Waals surface area contributed by atoms with Crippen LogP contribution in [0.15, 0.2) is 36.5 Å². The second kappa shape index (κ2) is 8.69. The summed E-state index contributed by atoms with van der Waals surface area (Å²) in [7, 11) is 0. The first kappa shape index (κ1) is 23.9. The van der Waals surface area contributed by atoms with Gasteiger partial charge < -0.3 is 24.8 Å². The van der Waals surface area contributed by atoms with Crippen molar-refractivity contribution >= 4 is 23.8 Å². The predicted molar refractivity (Wildman–Crippen MR) is 131 cm³/mol. The second-order valence-corrected chi connectivity index (χ2v) is 10.4. The molecule has 2 fully saturated rings. The van der Waals surface area contributed by atoms with Crippen LogP contribution in [0.1, 0.15) is 46.2 Å². The first-order valence-electron chi connectivity index (χ1n) is 12.0. The van der Waals surface area contributed by atoms with Crippen molar-refractivity contribution in [1.82, 2.24) is 15.6 Å². The van der Waals surface area contributed by atoms with Crippen molar-refractivity contribution in [1.29, 1.82) is 0 Å². The fourth-order valence-electron chi connectivity index (χ4n) is 4.55. The van der Waals surface area contributed by atoms with Gasteiger partial charge in [0.2, 0.25) is 5.91 Å². The second-order valence-electron chi connectivity index (χ2n) is 10.4. The third kappa shape index (κ3) is 4.67. The van der Waals surface area contributed by atoms with Crippen molar-refractivity contribution in [2.45, 2.75) is 63.8 Å². The number of cyclic esters (lactones) is 1. The molecule has 1 saturated carbocycles. The Hall–Kier alpha value is -3.82. The molecular weight excluding hydrogens is 464 g/mol. The standard InChI is InChI=1S/C26H30N4O6/c1-15(31)27-13-21-19-14-34-20-11-16(5-7-18(20)30(19)24(33)35-21)17-6-8-22(28-12-17)26(9-10-26)29-23(32)36-25(2,3)4/h5-8,11-12,19,21H,9-10,13-14H2,1-4H3,(H,27,31)(H,29,32)/t19-,21-/m0/s1. The fourth-order valence-corrected chi connectivity index (χ4v) is 4.55. The van der Waals surface area contributed by atoms with Crippen LogP contribution in [-0.2, 0) is 19.8 Å². The Bertz CT molecular complexity index is 1200. The van der Waals surface area contributed by atoms with Gasteiger partial charge in [-0.25, -0.2) is 9.59 Å². The number of rotatable bonds is 5. The summed E-state index contributed by atoms with van der Waals surface area (Å²) >= 11 is 0. The van der Waals surface area contributed by atoms with Crippen LogP contribution in [0.2, 0.25) is 0 Å². The topological polar surface area (TPSA) is 119 Å². The zero-order valence-electron chi connectivity index (χ0n) is 20.8. The van der Waals surface area contributed by atoms with Crippen molar-refractivity contribution in [2.24, 2.45) is 0 Å². The zero-order valence-corrected chi connectivity index (χ0v) is 20.8. The van der Waals surface area contributed by atoms with E-state index in [-0.39, 0.29) is 25.1 Å². The number of hydrogen-bond acceptors (Lipinski definition) is 7. The summed E-state index contributed by atoms with van der Waals surface area (Å²) in [5, 5.41) is 5.67. The van der Waals surface area contributed by atoms with E-state index in [4.69, 9.17) is 14.2 Å². The molecular formula is C26H30N4O6. The van der Waals surface area contributed by atoms with E-state index in [0.717, 1.165) is 29.7 Å². The average Bonchev–Trinajstić information content (AvgIpc) is 3.51. The lowest BCUT2D eigenvalue weighted by molar-refractivity contribution is -0.119. The van der Waals surface area contributed by atoms with Gasteiger partial charge in [-0.3, -0.25) is 14.7 Å². The van der Waals surface area contributed by atoms with Crippen LogP contribution < -0.4 is 20.3 Å². The number of pyridine rings is 1. The Morgan fingerprint density at radius 1 is 1.19 bits per heavy atom. The largest absolute Gasteiger partial charge is 0.489 e. The molecule has 1 aromatic heterocycles. The molecule has 2 atom stereocenters. The van der Waals surface area contributed by atoms with Gasteiger partial charge in [0.15, 0.2) is 0 Å². The molecule has 1 aliphatic carbocycles. The molecule has 0 unspecified atom stereocenters. The quantitative estimate of drug-likeness (QED) is 0.653. The third-order valence-electron chi connectivity index (χ3n) is 6.47. The molecule has 0 spiro atoms. The molecule has 2 N–H and O–H groups in total. The fraction of sp³-hybridized carbons (Fsp3) is 0.462. The van der Waals surface area contributed by atoms with Crippen LogP contribution in [0.3, 0.4) is 0 Å². The molecule has 5 rings (SSSR count). The minimum Gasteiger partial charge on any atom is -0.489 e. The van der Waals surface area contributed by atoms with Gasteiger partial charge in [0.25, 0.3) is 0 Å². The lowest BCUT2D eigenvalue weighted by Gasteiger charge is -2.31. The van der Waals surface area contributed by atoms with Crippen LogP contribution in [0.4, 0.5) is 15.3 Å². The molecule has 36 heavy (non-hydrogen) atoms. The first-order valence-corrected chi connectivity index (χ1v) is 12.0. The van der Waals surface area contributed by atoms with Crippen molar-refractivity contribution in [2.75, 3.05) is 18.1 Å². The molecule has 190 valence electrons. The Morgan fingerprint density at radius 3 is 2.58 bits per heavy atom. The van der Waals surface area contributed by atoms with E-state index in [1.807, 2.05) is 51.1 Å². The van der Waals surface area contributed by atoms with E-state index in [9.17, 15) is 14.4 Å². The van der Waals surface area contributed by atoms with Crippen molar-refractivity contribution in [3.63, 3.8) is 0 Å². The van der Waals surface area contributed by atoms with Crippen LogP contribution in [0.25, 0.3) is 11.1 Å². The molecule has 0 bridgehead atoms. The van der Waals surface area contributed by atoms with Crippen LogP contribution >= 0.6 is 0 Å². The van der Waals surface area contributed by atoms with Crippen molar-refractivity contribution < 1.29 is 28.6 Å². The van der Waals surface area contributed by atoms with Gasteiger partial charge in [-0.2, -0.15) is 0 Å². The summed E-state index contributed by atoms with van der Waals surface area (Å²) in [5.74, 6) is 0.398. The van der Waals surface area contributed by atoms with Gasteiger partial charge in [0.05, 0.1) is 23.5 Å². The highest BCUT2D eigenvalue weighted by molar-refractivity contribution is 5.94. The lowest BCUT2D eigenvalue weighted by atomic mass is 10.0. The molecule has 10 nitrogen and oxygen atoms in total. The number of fused-ring (bicyclic) bond motifs is 3. The number of carbonyl (C=O) groups excluding carboxylic acids is 3. The lowest BCUT2D eigenvalue weighted by Crippen LogP contribution is -2.47. The normalized spacial score (nSPS) is 21.4. The molecule has 10 heteroatoms. The Morgan fingerprint density at radius 2 is 1.94 bits per heavy atom. The Kier molecular flexibility index (Phi) is 5.77. The van der Waals surface area contributed by atoms with E-state index >= 15 is 0 Å². The van der Waals surface area contributed by atoms with E-state index in [1.165, 1.54) is 6.92 Å². The van der Waals surface area contributed by atoms with Gasteiger partial charge in [0.1, 0.15) is 30.1 Å². The average molecular weight is 495 g/mol. The summed E-state index contributed by atoms with van der Waals surface area (Å²) in [6, 6.07) is 9.18. The Balaban J connectivity index is 1.30. The van der Waals surface area contributed by atoms with E-state index in [1.54, 1.807) is 11.1 Å². The van der Waals surface area contributed by atoms with E-state index in [0.29, 0.717) is 11.4 Å². The summed E-state index contributed by atoms with van der Waals surface area (Å²) in [5.41, 5.74) is 2.14. The molecule has 3 aliphatic rings. The van der Waals surface area contributed by atoms with Gasteiger partial charge in [-0.1, -0.05) is 12.1 Å². The highest BCUT2D eigenvalue weighted by Gasteiger charge is 2.48. The Labute approximate surface area is 209 Å².